The van der Waals surface area contributed by atoms with Gasteiger partial charge < -0.3 is 10.6 Å². The minimum absolute atomic E-state index is 0.765. The molecule has 0 bridgehead atoms. The molecule has 2 aromatic rings. The molecule has 0 radical (unpaired) electrons. The SMILES string of the molecule is CNc1cc(NCc2ccc(C)s2)nc(C)n1. The van der Waals surface area contributed by atoms with Gasteiger partial charge in [0.25, 0.3) is 0 Å². The van der Waals surface area contributed by atoms with Crippen molar-refractivity contribution in [1.82, 2.24) is 9.97 Å². The average molecular weight is 248 g/mol. The van der Waals surface area contributed by atoms with Crippen LogP contribution in [0.4, 0.5) is 11.6 Å². The van der Waals surface area contributed by atoms with E-state index in [9.17, 15) is 0 Å². The van der Waals surface area contributed by atoms with Crippen LogP contribution in [0.2, 0.25) is 0 Å². The van der Waals surface area contributed by atoms with E-state index in [1.807, 2.05) is 20.0 Å². The fourth-order valence-electron chi connectivity index (χ4n) is 1.54. The maximum absolute atomic E-state index is 4.35. The predicted molar refractivity (Wildman–Crippen MR) is 72.7 cm³/mol. The van der Waals surface area contributed by atoms with Gasteiger partial charge in [0.1, 0.15) is 17.5 Å². The highest BCUT2D eigenvalue weighted by Gasteiger charge is 2.01. The lowest BCUT2D eigenvalue weighted by Gasteiger charge is -2.07. The van der Waals surface area contributed by atoms with E-state index in [1.54, 1.807) is 11.3 Å². The smallest absolute Gasteiger partial charge is 0.132 e. The highest BCUT2D eigenvalue weighted by molar-refractivity contribution is 7.11. The van der Waals surface area contributed by atoms with Gasteiger partial charge in [0.05, 0.1) is 6.54 Å². The first-order valence-electron chi connectivity index (χ1n) is 5.50. The fraction of sp³-hybridized carbons (Fsp3) is 0.333. The molecule has 0 atom stereocenters. The molecule has 0 aliphatic rings. The molecule has 4 nitrogen and oxygen atoms in total. The van der Waals surface area contributed by atoms with Crippen LogP contribution in [-0.2, 0) is 6.54 Å². The highest BCUT2D eigenvalue weighted by atomic mass is 32.1. The number of aryl methyl sites for hydroxylation is 2. The lowest BCUT2D eigenvalue weighted by Crippen LogP contribution is -2.04. The van der Waals surface area contributed by atoms with Gasteiger partial charge >= 0.3 is 0 Å². The Bertz CT molecular complexity index is 507. The van der Waals surface area contributed by atoms with Crippen molar-refractivity contribution in [1.29, 1.82) is 0 Å². The molecule has 2 N–H and O–H groups in total. The van der Waals surface area contributed by atoms with Crippen LogP contribution < -0.4 is 10.6 Å². The second kappa shape index (κ2) is 5.14. The number of thiophene rings is 1. The van der Waals surface area contributed by atoms with Gasteiger partial charge in [-0.05, 0) is 26.0 Å². The molecule has 0 spiro atoms. The second-order valence-corrected chi connectivity index (χ2v) is 5.17. The molecule has 17 heavy (non-hydrogen) atoms. The third-order valence-corrected chi connectivity index (χ3v) is 3.33. The Morgan fingerprint density at radius 2 is 1.94 bits per heavy atom. The quantitative estimate of drug-likeness (QED) is 0.873. The van der Waals surface area contributed by atoms with Gasteiger partial charge in [0.15, 0.2) is 0 Å². The second-order valence-electron chi connectivity index (χ2n) is 3.80. The summed E-state index contributed by atoms with van der Waals surface area (Å²) in [6.07, 6.45) is 0. The molecule has 5 heteroatoms. The van der Waals surface area contributed by atoms with Gasteiger partial charge in [-0.1, -0.05) is 0 Å². The van der Waals surface area contributed by atoms with Crippen LogP contribution in [0.3, 0.4) is 0 Å². The number of hydrogen-bond acceptors (Lipinski definition) is 5. The van der Waals surface area contributed by atoms with Crippen LogP contribution in [0, 0.1) is 13.8 Å². The Labute approximate surface area is 105 Å². The zero-order valence-corrected chi connectivity index (χ0v) is 11.1. The van der Waals surface area contributed by atoms with Gasteiger partial charge in [0.2, 0.25) is 0 Å². The number of anilines is 2. The van der Waals surface area contributed by atoms with Crippen LogP contribution in [-0.4, -0.2) is 17.0 Å². The van der Waals surface area contributed by atoms with Crippen molar-refractivity contribution in [2.45, 2.75) is 20.4 Å². The zero-order valence-electron chi connectivity index (χ0n) is 10.2. The number of rotatable bonds is 4. The Balaban J connectivity index is 2.05. The molecule has 0 saturated heterocycles. The van der Waals surface area contributed by atoms with E-state index in [0.717, 1.165) is 24.0 Å². The zero-order chi connectivity index (χ0) is 12.3. The summed E-state index contributed by atoms with van der Waals surface area (Å²) >= 11 is 1.80. The van der Waals surface area contributed by atoms with E-state index in [0.29, 0.717) is 0 Å². The Kier molecular flexibility index (Phi) is 3.58. The first-order valence-corrected chi connectivity index (χ1v) is 6.31. The molecule has 0 unspecified atom stereocenters. The summed E-state index contributed by atoms with van der Waals surface area (Å²) in [5.74, 6) is 2.46. The van der Waals surface area contributed by atoms with Crippen LogP contribution in [0.25, 0.3) is 0 Å². The molecule has 2 heterocycles. The molecule has 2 aromatic heterocycles. The molecule has 0 amide bonds. The van der Waals surface area contributed by atoms with E-state index in [2.05, 4.69) is 39.7 Å². The van der Waals surface area contributed by atoms with E-state index in [4.69, 9.17) is 0 Å². The summed E-state index contributed by atoms with van der Waals surface area (Å²) < 4.78 is 0. The minimum atomic E-state index is 0.765. The van der Waals surface area contributed by atoms with Crippen molar-refractivity contribution in [3.8, 4) is 0 Å². The van der Waals surface area contributed by atoms with E-state index in [1.165, 1.54) is 9.75 Å². The molecular formula is C12H16N4S. The van der Waals surface area contributed by atoms with Gasteiger partial charge in [-0.15, -0.1) is 11.3 Å². The monoisotopic (exact) mass is 248 g/mol. The number of nitrogens with one attached hydrogen (secondary N) is 2. The maximum atomic E-state index is 4.35. The van der Waals surface area contributed by atoms with E-state index in [-0.39, 0.29) is 0 Å². The summed E-state index contributed by atoms with van der Waals surface area (Å²) in [5, 5.41) is 6.33. The fourth-order valence-corrected chi connectivity index (χ4v) is 2.37. The number of aromatic nitrogens is 2. The molecule has 2 rings (SSSR count). The molecule has 0 fully saturated rings. The summed E-state index contributed by atoms with van der Waals surface area (Å²) in [6.45, 7) is 4.81. The topological polar surface area (TPSA) is 49.8 Å². The molecular weight excluding hydrogens is 232 g/mol. The van der Waals surface area contributed by atoms with Gasteiger partial charge in [0, 0.05) is 22.9 Å². The van der Waals surface area contributed by atoms with Crippen molar-refractivity contribution in [2.75, 3.05) is 17.7 Å². The maximum Gasteiger partial charge on any atom is 0.132 e. The van der Waals surface area contributed by atoms with Crippen molar-refractivity contribution >= 4 is 23.0 Å². The van der Waals surface area contributed by atoms with Crippen molar-refractivity contribution in [3.63, 3.8) is 0 Å². The third kappa shape index (κ3) is 3.17. The van der Waals surface area contributed by atoms with Crippen LogP contribution >= 0.6 is 11.3 Å². The van der Waals surface area contributed by atoms with Gasteiger partial charge in [-0.25, -0.2) is 9.97 Å². The lowest BCUT2D eigenvalue weighted by atomic mass is 10.4. The third-order valence-electron chi connectivity index (χ3n) is 2.33. The predicted octanol–water partition coefficient (Wildman–Crippen LogP) is 2.81. The highest BCUT2D eigenvalue weighted by Crippen LogP contribution is 2.17. The summed E-state index contributed by atoms with van der Waals surface area (Å²) in [6, 6.07) is 6.18. The molecule has 0 aliphatic heterocycles. The summed E-state index contributed by atoms with van der Waals surface area (Å²) in [7, 11) is 1.86. The van der Waals surface area contributed by atoms with Crippen LogP contribution in [0.5, 0.6) is 0 Å². The molecule has 0 aromatic carbocycles. The van der Waals surface area contributed by atoms with Crippen molar-refractivity contribution in [2.24, 2.45) is 0 Å². The van der Waals surface area contributed by atoms with Crippen molar-refractivity contribution < 1.29 is 0 Å². The lowest BCUT2D eigenvalue weighted by molar-refractivity contribution is 1.03. The standard InChI is InChI=1S/C12H16N4S/c1-8-4-5-10(17-8)7-14-12-6-11(13-3)15-9(2)16-12/h4-6H,7H2,1-3H3,(H2,13,14,15,16). The Morgan fingerprint density at radius 1 is 1.18 bits per heavy atom. The molecule has 0 aliphatic carbocycles. The normalized spacial score (nSPS) is 10.3. The van der Waals surface area contributed by atoms with E-state index < -0.39 is 0 Å². The summed E-state index contributed by atoms with van der Waals surface area (Å²) in [4.78, 5) is 11.2. The Morgan fingerprint density at radius 3 is 2.59 bits per heavy atom. The first kappa shape index (κ1) is 11.9. The molecule has 90 valence electrons. The van der Waals surface area contributed by atoms with E-state index >= 15 is 0 Å². The molecule has 0 saturated carbocycles. The summed E-state index contributed by atoms with van der Waals surface area (Å²) in [5.41, 5.74) is 0. The minimum Gasteiger partial charge on any atom is -0.373 e. The van der Waals surface area contributed by atoms with Gasteiger partial charge in [-0.2, -0.15) is 0 Å². The van der Waals surface area contributed by atoms with Crippen LogP contribution in [0.15, 0.2) is 18.2 Å². The first-order chi connectivity index (χ1) is 8.17. The number of hydrogen-bond donors (Lipinski definition) is 2. The Hall–Kier alpha value is -1.62. The van der Waals surface area contributed by atoms with Crippen LogP contribution in [0.1, 0.15) is 15.6 Å². The average Bonchev–Trinajstić information content (AvgIpc) is 2.72. The number of nitrogens with zero attached hydrogens (tertiary/aromatic N) is 2. The van der Waals surface area contributed by atoms with Gasteiger partial charge in [-0.3, -0.25) is 0 Å². The largest absolute Gasteiger partial charge is 0.373 e. The van der Waals surface area contributed by atoms with Crippen molar-refractivity contribution in [3.05, 3.63) is 33.8 Å².